The Kier molecular flexibility index (Phi) is 7.12. The maximum Gasteiger partial charge on any atom is 0.315 e. The maximum absolute atomic E-state index is 13.6. The molecule has 2 amide bonds. The van der Waals surface area contributed by atoms with Crippen LogP contribution < -0.4 is 10.6 Å². The quantitative estimate of drug-likeness (QED) is 0.710. The highest BCUT2D eigenvalue weighted by molar-refractivity contribution is 7.89. The van der Waals surface area contributed by atoms with Crippen LogP contribution in [0.1, 0.15) is 38.3 Å². The van der Waals surface area contributed by atoms with Gasteiger partial charge in [0, 0.05) is 24.2 Å². The van der Waals surface area contributed by atoms with E-state index in [-0.39, 0.29) is 21.8 Å². The number of carbonyl (C=O) groups excluding carboxylic acids is 1. The highest BCUT2D eigenvalue weighted by atomic mass is 35.5. The van der Waals surface area contributed by atoms with E-state index in [1.165, 1.54) is 16.4 Å². The molecule has 0 radical (unpaired) electrons. The number of hydrogen-bond acceptors (Lipinski definition) is 3. The first-order chi connectivity index (χ1) is 12.1. The Balaban J connectivity index is 1.89. The van der Waals surface area contributed by atoms with E-state index in [0.717, 1.165) is 0 Å². The molecule has 1 atom stereocenters. The lowest BCUT2D eigenvalue weighted by molar-refractivity contribution is 0.225. The summed E-state index contributed by atoms with van der Waals surface area (Å²) >= 11 is 11.7. The van der Waals surface area contributed by atoms with Crippen molar-refractivity contribution in [2.24, 2.45) is 0 Å². The Bertz CT molecular complexity index is 768. The first kappa shape index (κ1) is 21.2. The molecule has 1 unspecified atom stereocenters. The number of halogens is 3. The average Bonchev–Trinajstić information content (AvgIpc) is 2.58. The highest BCUT2D eigenvalue weighted by Gasteiger charge is 2.27. The molecule has 6 nitrogen and oxygen atoms in total. The Hall–Kier alpha value is -1.09. The molecule has 1 aliphatic heterocycles. The highest BCUT2D eigenvalue weighted by Crippen LogP contribution is 2.28. The number of carbonyl (C=O) groups is 1. The molecule has 1 aliphatic rings. The monoisotopic (exact) mass is 425 g/mol. The van der Waals surface area contributed by atoms with E-state index in [1.807, 2.05) is 0 Å². The summed E-state index contributed by atoms with van der Waals surface area (Å²) in [4.78, 5) is 12.2. The Morgan fingerprint density at radius 2 is 1.92 bits per heavy atom. The second-order valence-electron chi connectivity index (χ2n) is 6.20. The number of rotatable bonds is 5. The van der Waals surface area contributed by atoms with Crippen molar-refractivity contribution in [3.8, 4) is 0 Å². The standard InChI is InChI=1S/C16H22Cl2FN3O3S/c1-3-26(24,25)22-6-4-11(5-7-22)21-16(23)20-10(2)12-8-15(19)14(18)9-13(12)17/h8-11H,3-7H2,1-2H3,(H2,20,21,23). The summed E-state index contributed by atoms with van der Waals surface area (Å²) < 4.78 is 38.8. The zero-order chi connectivity index (χ0) is 19.5. The molecule has 1 heterocycles. The van der Waals surface area contributed by atoms with Gasteiger partial charge in [0.25, 0.3) is 0 Å². The smallest absolute Gasteiger partial charge is 0.315 e. The van der Waals surface area contributed by atoms with Gasteiger partial charge < -0.3 is 10.6 Å². The van der Waals surface area contributed by atoms with Crippen molar-refractivity contribution < 1.29 is 17.6 Å². The number of urea groups is 1. The fraction of sp³-hybridized carbons (Fsp3) is 0.562. The van der Waals surface area contributed by atoms with Gasteiger partial charge in [-0.3, -0.25) is 0 Å². The summed E-state index contributed by atoms with van der Waals surface area (Å²) in [7, 11) is -3.20. The van der Waals surface area contributed by atoms with Crippen LogP contribution in [0.2, 0.25) is 10.0 Å². The van der Waals surface area contributed by atoms with Crippen molar-refractivity contribution in [1.82, 2.24) is 14.9 Å². The summed E-state index contributed by atoms with van der Waals surface area (Å²) in [6.07, 6.45) is 1.08. The first-order valence-corrected chi connectivity index (χ1v) is 10.7. The molecule has 0 aliphatic carbocycles. The second kappa shape index (κ2) is 8.73. The topological polar surface area (TPSA) is 78.5 Å². The van der Waals surface area contributed by atoms with Gasteiger partial charge in [0.15, 0.2) is 0 Å². The van der Waals surface area contributed by atoms with Crippen molar-refractivity contribution in [3.63, 3.8) is 0 Å². The lowest BCUT2D eigenvalue weighted by atomic mass is 10.1. The number of amides is 2. The molecule has 1 fully saturated rings. The predicted octanol–water partition coefficient (Wildman–Crippen LogP) is 3.31. The van der Waals surface area contributed by atoms with E-state index in [4.69, 9.17) is 23.2 Å². The predicted molar refractivity (Wildman–Crippen MR) is 101 cm³/mol. The normalized spacial score (nSPS) is 17.7. The van der Waals surface area contributed by atoms with Crippen LogP contribution in [0.15, 0.2) is 12.1 Å². The zero-order valence-electron chi connectivity index (χ0n) is 14.6. The molecule has 146 valence electrons. The maximum atomic E-state index is 13.6. The molecule has 0 aromatic heterocycles. The molecule has 1 aromatic carbocycles. The van der Waals surface area contributed by atoms with Crippen LogP contribution in [0.4, 0.5) is 9.18 Å². The van der Waals surface area contributed by atoms with Crippen molar-refractivity contribution in [1.29, 1.82) is 0 Å². The number of sulfonamides is 1. The minimum Gasteiger partial charge on any atom is -0.335 e. The number of hydrogen-bond donors (Lipinski definition) is 2. The Labute approximate surface area is 163 Å². The second-order valence-corrected chi connectivity index (χ2v) is 9.27. The summed E-state index contributed by atoms with van der Waals surface area (Å²) in [5.41, 5.74) is 0.424. The molecule has 1 aromatic rings. The Morgan fingerprint density at radius 1 is 1.31 bits per heavy atom. The van der Waals surface area contributed by atoms with Crippen molar-refractivity contribution >= 4 is 39.3 Å². The summed E-state index contributed by atoms with van der Waals surface area (Å²) in [6, 6.07) is 1.44. The summed E-state index contributed by atoms with van der Waals surface area (Å²) in [6.45, 7) is 4.06. The van der Waals surface area contributed by atoms with Crippen LogP contribution in [-0.4, -0.2) is 43.6 Å². The molecular formula is C16H22Cl2FN3O3S. The fourth-order valence-corrected chi connectivity index (χ4v) is 4.51. The molecule has 0 saturated carbocycles. The van der Waals surface area contributed by atoms with Gasteiger partial charge in [-0.15, -0.1) is 0 Å². The van der Waals surface area contributed by atoms with E-state index in [0.29, 0.717) is 31.5 Å². The third-order valence-electron chi connectivity index (χ3n) is 4.40. The van der Waals surface area contributed by atoms with E-state index in [2.05, 4.69) is 10.6 Å². The zero-order valence-corrected chi connectivity index (χ0v) is 16.9. The molecule has 0 spiro atoms. The SMILES string of the molecule is CCS(=O)(=O)N1CCC(NC(=O)NC(C)c2cc(F)c(Cl)cc2Cl)CC1. The van der Waals surface area contributed by atoms with Gasteiger partial charge >= 0.3 is 6.03 Å². The van der Waals surface area contributed by atoms with Crippen molar-refractivity contribution in [2.75, 3.05) is 18.8 Å². The van der Waals surface area contributed by atoms with Crippen LogP contribution in [0.25, 0.3) is 0 Å². The van der Waals surface area contributed by atoms with Gasteiger partial charge in [0.05, 0.1) is 16.8 Å². The summed E-state index contributed by atoms with van der Waals surface area (Å²) in [5, 5.41) is 5.71. The molecule has 1 saturated heterocycles. The minimum atomic E-state index is -3.20. The van der Waals surface area contributed by atoms with Crippen LogP contribution in [-0.2, 0) is 10.0 Å². The molecule has 2 N–H and O–H groups in total. The van der Waals surface area contributed by atoms with Gasteiger partial charge in [0.2, 0.25) is 10.0 Å². The van der Waals surface area contributed by atoms with Gasteiger partial charge in [-0.05, 0) is 44.4 Å². The number of nitrogens with one attached hydrogen (secondary N) is 2. The van der Waals surface area contributed by atoms with Crippen molar-refractivity contribution in [2.45, 2.75) is 38.8 Å². The van der Waals surface area contributed by atoms with E-state index in [9.17, 15) is 17.6 Å². The third kappa shape index (κ3) is 5.22. The minimum absolute atomic E-state index is 0.0709. The lowest BCUT2D eigenvalue weighted by Gasteiger charge is -2.31. The van der Waals surface area contributed by atoms with Crippen LogP contribution in [0.3, 0.4) is 0 Å². The van der Waals surface area contributed by atoms with E-state index < -0.39 is 27.9 Å². The van der Waals surface area contributed by atoms with Crippen LogP contribution in [0.5, 0.6) is 0 Å². The molecule has 26 heavy (non-hydrogen) atoms. The van der Waals surface area contributed by atoms with Gasteiger partial charge in [0.1, 0.15) is 5.82 Å². The van der Waals surface area contributed by atoms with Crippen LogP contribution >= 0.6 is 23.2 Å². The largest absolute Gasteiger partial charge is 0.335 e. The van der Waals surface area contributed by atoms with Gasteiger partial charge in [-0.25, -0.2) is 21.9 Å². The molecule has 2 rings (SSSR count). The van der Waals surface area contributed by atoms with Crippen LogP contribution in [0, 0.1) is 5.82 Å². The lowest BCUT2D eigenvalue weighted by Crippen LogP contribution is -2.49. The number of nitrogens with zero attached hydrogens (tertiary/aromatic N) is 1. The Morgan fingerprint density at radius 3 is 2.50 bits per heavy atom. The molecular weight excluding hydrogens is 404 g/mol. The average molecular weight is 426 g/mol. The first-order valence-electron chi connectivity index (χ1n) is 8.33. The fourth-order valence-electron chi connectivity index (χ4n) is 2.83. The van der Waals surface area contributed by atoms with Gasteiger partial charge in [-0.2, -0.15) is 0 Å². The molecule has 10 heteroatoms. The number of piperidine rings is 1. The van der Waals surface area contributed by atoms with E-state index in [1.54, 1.807) is 13.8 Å². The molecule has 0 bridgehead atoms. The van der Waals surface area contributed by atoms with E-state index >= 15 is 0 Å². The third-order valence-corrected chi connectivity index (χ3v) is 6.90. The van der Waals surface area contributed by atoms with Gasteiger partial charge in [-0.1, -0.05) is 23.2 Å². The van der Waals surface area contributed by atoms with Crippen molar-refractivity contribution in [3.05, 3.63) is 33.6 Å². The number of benzene rings is 1. The summed E-state index contributed by atoms with van der Waals surface area (Å²) in [5.74, 6) is -0.536.